The highest BCUT2D eigenvalue weighted by molar-refractivity contribution is 7.20. The van der Waals surface area contributed by atoms with Gasteiger partial charge >= 0.3 is 0 Å². The Hall–Kier alpha value is -3.36. The van der Waals surface area contributed by atoms with Crippen molar-refractivity contribution in [2.75, 3.05) is 10.6 Å². The summed E-state index contributed by atoms with van der Waals surface area (Å²) in [5.74, 6) is 0.102. The third-order valence-corrected chi connectivity index (χ3v) is 6.45. The van der Waals surface area contributed by atoms with Gasteiger partial charge in [-0.25, -0.2) is 4.68 Å². The van der Waals surface area contributed by atoms with Crippen LogP contribution in [-0.2, 0) is 4.79 Å². The van der Waals surface area contributed by atoms with Gasteiger partial charge in [0.05, 0.1) is 27.0 Å². The SMILES string of the molecule is Cc1nn(-c2ccccc2Cl)c2sc(C(=O)Nc3ccc4c(c3)NC(=O)C(C)O4)cc12. The number of amides is 2. The van der Waals surface area contributed by atoms with Crippen LogP contribution in [-0.4, -0.2) is 27.7 Å². The summed E-state index contributed by atoms with van der Waals surface area (Å²) >= 11 is 7.69. The van der Waals surface area contributed by atoms with E-state index in [0.717, 1.165) is 21.6 Å². The zero-order chi connectivity index (χ0) is 21.7. The minimum atomic E-state index is -0.549. The number of aryl methyl sites for hydroxylation is 1. The van der Waals surface area contributed by atoms with E-state index >= 15 is 0 Å². The van der Waals surface area contributed by atoms with Crippen molar-refractivity contribution in [1.29, 1.82) is 0 Å². The molecule has 0 fully saturated rings. The maximum absolute atomic E-state index is 12.9. The van der Waals surface area contributed by atoms with E-state index in [0.29, 0.717) is 27.0 Å². The zero-order valence-electron chi connectivity index (χ0n) is 16.6. The smallest absolute Gasteiger partial charge is 0.265 e. The largest absolute Gasteiger partial charge is 0.479 e. The summed E-state index contributed by atoms with van der Waals surface area (Å²) in [6.07, 6.45) is -0.549. The summed E-state index contributed by atoms with van der Waals surface area (Å²) < 4.78 is 7.32. The van der Waals surface area contributed by atoms with Crippen molar-refractivity contribution in [2.24, 2.45) is 0 Å². The highest BCUT2D eigenvalue weighted by Crippen LogP contribution is 2.34. The number of hydrogen-bond donors (Lipinski definition) is 2. The molecule has 0 aliphatic carbocycles. The van der Waals surface area contributed by atoms with Crippen LogP contribution in [0.2, 0.25) is 5.02 Å². The highest BCUT2D eigenvalue weighted by Gasteiger charge is 2.24. The summed E-state index contributed by atoms with van der Waals surface area (Å²) in [6, 6.07) is 14.4. The topological polar surface area (TPSA) is 85.3 Å². The quantitative estimate of drug-likeness (QED) is 0.457. The molecule has 0 radical (unpaired) electrons. The average molecular weight is 453 g/mol. The van der Waals surface area contributed by atoms with E-state index in [1.807, 2.05) is 31.2 Å². The molecule has 156 valence electrons. The van der Waals surface area contributed by atoms with Gasteiger partial charge in [-0.15, -0.1) is 11.3 Å². The minimum absolute atomic E-state index is 0.222. The molecule has 1 unspecified atom stereocenters. The fourth-order valence-electron chi connectivity index (χ4n) is 3.43. The monoisotopic (exact) mass is 452 g/mol. The van der Waals surface area contributed by atoms with Gasteiger partial charge in [0, 0.05) is 11.1 Å². The number of nitrogens with zero attached hydrogens (tertiary/aromatic N) is 2. The lowest BCUT2D eigenvalue weighted by atomic mass is 10.2. The second-order valence-corrected chi connectivity index (χ2v) is 8.63. The molecule has 9 heteroatoms. The third kappa shape index (κ3) is 3.43. The van der Waals surface area contributed by atoms with Gasteiger partial charge in [0.2, 0.25) is 0 Å². The van der Waals surface area contributed by atoms with E-state index in [1.54, 1.807) is 35.9 Å². The zero-order valence-corrected chi connectivity index (χ0v) is 18.2. The Morgan fingerprint density at radius 3 is 2.87 bits per heavy atom. The number of fused-ring (bicyclic) bond motifs is 2. The van der Waals surface area contributed by atoms with Gasteiger partial charge in [-0.2, -0.15) is 5.10 Å². The Bertz CT molecular complexity index is 1360. The Labute approximate surface area is 186 Å². The first-order valence-electron chi connectivity index (χ1n) is 9.57. The fourth-order valence-corrected chi connectivity index (χ4v) is 4.71. The Kier molecular flexibility index (Phi) is 4.68. The van der Waals surface area contributed by atoms with Crippen LogP contribution < -0.4 is 15.4 Å². The highest BCUT2D eigenvalue weighted by atomic mass is 35.5. The Balaban J connectivity index is 1.45. The van der Waals surface area contributed by atoms with Crippen molar-refractivity contribution in [3.63, 3.8) is 0 Å². The average Bonchev–Trinajstić information content (AvgIpc) is 3.30. The molecule has 1 aliphatic heterocycles. The van der Waals surface area contributed by atoms with Gasteiger partial charge in [0.1, 0.15) is 10.6 Å². The molecule has 1 aliphatic rings. The van der Waals surface area contributed by atoms with Crippen molar-refractivity contribution in [2.45, 2.75) is 20.0 Å². The van der Waals surface area contributed by atoms with Crippen LogP contribution in [0.4, 0.5) is 11.4 Å². The first-order valence-corrected chi connectivity index (χ1v) is 10.8. The molecule has 0 saturated carbocycles. The van der Waals surface area contributed by atoms with Crippen molar-refractivity contribution in [3.8, 4) is 11.4 Å². The van der Waals surface area contributed by atoms with Crippen LogP contribution in [0.15, 0.2) is 48.5 Å². The maximum Gasteiger partial charge on any atom is 0.265 e. The molecule has 5 rings (SSSR count). The Morgan fingerprint density at radius 2 is 2.06 bits per heavy atom. The number of nitrogens with one attached hydrogen (secondary N) is 2. The number of carbonyl (C=O) groups excluding carboxylic acids is 2. The standard InChI is InChI=1S/C22H17ClN4O3S/c1-11-14-10-19(31-22(14)27(26-11)17-6-4-3-5-15(17)23)21(29)24-13-7-8-18-16(9-13)25-20(28)12(2)30-18/h3-10,12H,1-2H3,(H,24,29)(H,25,28). The molecule has 7 nitrogen and oxygen atoms in total. The van der Waals surface area contributed by atoms with Crippen LogP contribution in [0, 0.1) is 6.92 Å². The van der Waals surface area contributed by atoms with Gasteiger partial charge in [0.25, 0.3) is 11.8 Å². The van der Waals surface area contributed by atoms with Gasteiger partial charge in [0.15, 0.2) is 6.10 Å². The van der Waals surface area contributed by atoms with Crippen molar-refractivity contribution < 1.29 is 14.3 Å². The summed E-state index contributed by atoms with van der Waals surface area (Å²) in [6.45, 7) is 3.58. The summed E-state index contributed by atoms with van der Waals surface area (Å²) in [5, 5.41) is 11.7. The van der Waals surface area contributed by atoms with Crippen molar-refractivity contribution >= 4 is 56.3 Å². The third-order valence-electron chi connectivity index (χ3n) is 5.02. The molecule has 0 saturated heterocycles. The molecule has 0 bridgehead atoms. The van der Waals surface area contributed by atoms with Crippen molar-refractivity contribution in [1.82, 2.24) is 9.78 Å². The molecule has 31 heavy (non-hydrogen) atoms. The number of carbonyl (C=O) groups is 2. The van der Waals surface area contributed by atoms with Gasteiger partial charge < -0.3 is 15.4 Å². The number of hydrogen-bond acceptors (Lipinski definition) is 5. The summed E-state index contributed by atoms with van der Waals surface area (Å²) in [4.78, 5) is 26.2. The molecule has 2 aromatic heterocycles. The number of anilines is 2. The first-order chi connectivity index (χ1) is 14.9. The van der Waals surface area contributed by atoms with Gasteiger partial charge in [-0.1, -0.05) is 23.7 Å². The molecular weight excluding hydrogens is 436 g/mol. The fraction of sp³-hybridized carbons (Fsp3) is 0.136. The second kappa shape index (κ2) is 7.40. The van der Waals surface area contributed by atoms with E-state index in [-0.39, 0.29) is 11.8 Å². The minimum Gasteiger partial charge on any atom is -0.479 e. The molecule has 2 N–H and O–H groups in total. The lowest BCUT2D eigenvalue weighted by Gasteiger charge is -2.23. The van der Waals surface area contributed by atoms with E-state index in [1.165, 1.54) is 11.3 Å². The first kappa shape index (κ1) is 19.6. The van der Waals surface area contributed by atoms with E-state index < -0.39 is 6.10 Å². The van der Waals surface area contributed by atoms with Crippen LogP contribution in [0.5, 0.6) is 5.75 Å². The predicted molar refractivity (Wildman–Crippen MR) is 122 cm³/mol. The van der Waals surface area contributed by atoms with E-state index in [9.17, 15) is 9.59 Å². The number of aromatic nitrogens is 2. The number of halogens is 1. The predicted octanol–water partition coefficient (Wildman–Crippen LogP) is 5.02. The second-order valence-electron chi connectivity index (χ2n) is 7.19. The van der Waals surface area contributed by atoms with Gasteiger partial charge in [-0.05, 0) is 50.2 Å². The van der Waals surface area contributed by atoms with Crippen LogP contribution >= 0.6 is 22.9 Å². The number of para-hydroxylation sites is 1. The number of rotatable bonds is 3. The molecule has 4 aromatic rings. The molecular formula is C22H17ClN4O3S. The molecule has 2 aromatic carbocycles. The number of ether oxygens (including phenoxy) is 1. The van der Waals surface area contributed by atoms with Crippen LogP contribution in [0.3, 0.4) is 0 Å². The lowest BCUT2D eigenvalue weighted by Crippen LogP contribution is -2.34. The lowest BCUT2D eigenvalue weighted by molar-refractivity contribution is -0.122. The van der Waals surface area contributed by atoms with Crippen LogP contribution in [0.1, 0.15) is 22.3 Å². The van der Waals surface area contributed by atoms with E-state index in [4.69, 9.17) is 16.3 Å². The van der Waals surface area contributed by atoms with E-state index in [2.05, 4.69) is 15.7 Å². The number of thiophene rings is 1. The number of benzene rings is 2. The molecule has 1 atom stereocenters. The van der Waals surface area contributed by atoms with Crippen molar-refractivity contribution in [3.05, 3.63) is 64.1 Å². The molecule has 3 heterocycles. The Morgan fingerprint density at radius 1 is 1.26 bits per heavy atom. The molecule has 2 amide bonds. The van der Waals surface area contributed by atoms with Gasteiger partial charge in [-0.3, -0.25) is 9.59 Å². The summed E-state index contributed by atoms with van der Waals surface area (Å²) in [5.41, 5.74) is 2.66. The molecule has 0 spiro atoms. The normalized spacial score (nSPS) is 15.3. The maximum atomic E-state index is 12.9. The summed E-state index contributed by atoms with van der Waals surface area (Å²) in [7, 11) is 0. The van der Waals surface area contributed by atoms with Crippen LogP contribution in [0.25, 0.3) is 15.9 Å².